The molecule has 3 rings (SSSR count). The second-order valence-corrected chi connectivity index (χ2v) is 6.61. The first-order chi connectivity index (χ1) is 12.2. The standard InChI is InChI=1S/C20H25N3O2/c1-2-17-7-9-18(10-8-17)15-21-11-13-22(14-12-21)16-19-5-3-4-6-20(19)23(24)25/h3-10H,2,11-16H2,1H3. The SMILES string of the molecule is CCc1ccc(CN2CCN(Cc3ccccc3[N+](=O)[O-])CC2)cc1. The molecular formula is C20H25N3O2. The fourth-order valence-corrected chi connectivity index (χ4v) is 3.31. The summed E-state index contributed by atoms with van der Waals surface area (Å²) < 4.78 is 0. The molecule has 0 aromatic heterocycles. The monoisotopic (exact) mass is 339 g/mol. The number of aryl methyl sites for hydroxylation is 1. The molecule has 2 aromatic rings. The molecule has 0 bridgehead atoms. The minimum atomic E-state index is -0.286. The lowest BCUT2D eigenvalue weighted by Crippen LogP contribution is -2.45. The van der Waals surface area contributed by atoms with Crippen LogP contribution in [-0.4, -0.2) is 40.9 Å². The number of nitro groups is 1. The third-order valence-corrected chi connectivity index (χ3v) is 4.88. The molecule has 0 atom stereocenters. The Bertz CT molecular complexity index is 707. The average Bonchev–Trinajstić information content (AvgIpc) is 2.64. The van der Waals surface area contributed by atoms with Crippen LogP contribution in [0.15, 0.2) is 48.5 Å². The smallest absolute Gasteiger partial charge is 0.273 e. The molecule has 25 heavy (non-hydrogen) atoms. The number of piperazine rings is 1. The van der Waals surface area contributed by atoms with Gasteiger partial charge in [0.05, 0.1) is 4.92 Å². The Hall–Kier alpha value is -2.24. The molecule has 0 amide bonds. The topological polar surface area (TPSA) is 49.6 Å². The van der Waals surface area contributed by atoms with Crippen LogP contribution in [0.1, 0.15) is 23.6 Å². The van der Waals surface area contributed by atoms with Gasteiger partial charge in [-0.15, -0.1) is 0 Å². The van der Waals surface area contributed by atoms with Crippen LogP contribution in [0.25, 0.3) is 0 Å². The molecule has 1 aliphatic heterocycles. The summed E-state index contributed by atoms with van der Waals surface area (Å²) in [6, 6.07) is 15.9. The van der Waals surface area contributed by atoms with Gasteiger partial charge < -0.3 is 0 Å². The van der Waals surface area contributed by atoms with Gasteiger partial charge in [-0.25, -0.2) is 0 Å². The van der Waals surface area contributed by atoms with E-state index in [1.54, 1.807) is 12.1 Å². The zero-order chi connectivity index (χ0) is 17.6. The highest BCUT2D eigenvalue weighted by atomic mass is 16.6. The molecule has 0 radical (unpaired) electrons. The molecule has 1 fully saturated rings. The molecule has 1 aliphatic rings. The van der Waals surface area contributed by atoms with Gasteiger partial charge in [0.25, 0.3) is 5.69 Å². The Morgan fingerprint density at radius 1 is 0.880 bits per heavy atom. The fourth-order valence-electron chi connectivity index (χ4n) is 3.31. The van der Waals surface area contributed by atoms with E-state index in [1.165, 1.54) is 11.1 Å². The van der Waals surface area contributed by atoms with Crippen molar-refractivity contribution in [2.75, 3.05) is 26.2 Å². The van der Waals surface area contributed by atoms with Crippen LogP contribution in [0.4, 0.5) is 5.69 Å². The summed E-state index contributed by atoms with van der Waals surface area (Å²) in [7, 11) is 0. The third kappa shape index (κ3) is 4.65. The van der Waals surface area contributed by atoms with Crippen LogP contribution >= 0.6 is 0 Å². The lowest BCUT2D eigenvalue weighted by atomic mass is 10.1. The molecule has 2 aromatic carbocycles. The van der Waals surface area contributed by atoms with Crippen molar-refractivity contribution < 1.29 is 4.92 Å². The largest absolute Gasteiger partial charge is 0.297 e. The molecular weight excluding hydrogens is 314 g/mol. The number of nitro benzene ring substituents is 1. The molecule has 0 N–H and O–H groups in total. The lowest BCUT2D eigenvalue weighted by molar-refractivity contribution is -0.385. The molecule has 1 saturated heterocycles. The van der Waals surface area contributed by atoms with Crippen LogP contribution in [0.2, 0.25) is 0 Å². The van der Waals surface area contributed by atoms with Crippen LogP contribution in [0.5, 0.6) is 0 Å². The molecule has 5 heteroatoms. The molecule has 132 valence electrons. The van der Waals surface area contributed by atoms with Gasteiger partial charge in [0, 0.05) is 50.9 Å². The highest BCUT2D eigenvalue weighted by Gasteiger charge is 2.20. The fraction of sp³-hybridized carbons (Fsp3) is 0.400. The van der Waals surface area contributed by atoms with Gasteiger partial charge in [-0.3, -0.25) is 19.9 Å². The second kappa shape index (κ2) is 8.23. The van der Waals surface area contributed by atoms with Crippen molar-refractivity contribution in [1.29, 1.82) is 0 Å². The second-order valence-electron chi connectivity index (χ2n) is 6.61. The van der Waals surface area contributed by atoms with Crippen molar-refractivity contribution in [3.05, 3.63) is 75.3 Å². The summed E-state index contributed by atoms with van der Waals surface area (Å²) in [5.74, 6) is 0. The van der Waals surface area contributed by atoms with Crippen LogP contribution in [0.3, 0.4) is 0 Å². The van der Waals surface area contributed by atoms with Gasteiger partial charge in [0.1, 0.15) is 0 Å². The van der Waals surface area contributed by atoms with Crippen molar-refractivity contribution in [2.24, 2.45) is 0 Å². The maximum absolute atomic E-state index is 11.1. The van der Waals surface area contributed by atoms with Gasteiger partial charge in [0.15, 0.2) is 0 Å². The normalized spacial score (nSPS) is 16.0. The van der Waals surface area contributed by atoms with E-state index in [-0.39, 0.29) is 10.6 Å². The summed E-state index contributed by atoms with van der Waals surface area (Å²) >= 11 is 0. The Balaban J connectivity index is 1.52. The van der Waals surface area contributed by atoms with E-state index in [1.807, 2.05) is 12.1 Å². The molecule has 0 spiro atoms. The Kier molecular flexibility index (Phi) is 5.79. The summed E-state index contributed by atoms with van der Waals surface area (Å²) in [6.07, 6.45) is 1.07. The highest BCUT2D eigenvalue weighted by molar-refractivity contribution is 5.39. The van der Waals surface area contributed by atoms with Crippen molar-refractivity contribution in [2.45, 2.75) is 26.4 Å². The third-order valence-electron chi connectivity index (χ3n) is 4.88. The first-order valence-corrected chi connectivity index (χ1v) is 8.90. The number of benzene rings is 2. The summed E-state index contributed by atoms with van der Waals surface area (Å²) in [4.78, 5) is 15.6. The molecule has 1 heterocycles. The number of para-hydroxylation sites is 1. The average molecular weight is 339 g/mol. The van der Waals surface area contributed by atoms with E-state index in [0.29, 0.717) is 6.54 Å². The van der Waals surface area contributed by atoms with Crippen molar-refractivity contribution >= 4 is 5.69 Å². The van der Waals surface area contributed by atoms with Crippen LogP contribution in [-0.2, 0) is 19.5 Å². The summed E-state index contributed by atoms with van der Waals surface area (Å²) in [6.45, 7) is 7.68. The molecule has 5 nitrogen and oxygen atoms in total. The highest BCUT2D eigenvalue weighted by Crippen LogP contribution is 2.20. The van der Waals surface area contributed by atoms with Crippen LogP contribution in [0, 0.1) is 10.1 Å². The van der Waals surface area contributed by atoms with E-state index in [4.69, 9.17) is 0 Å². The minimum Gasteiger partial charge on any atom is -0.297 e. The van der Waals surface area contributed by atoms with Crippen LogP contribution < -0.4 is 0 Å². The number of rotatable bonds is 6. The maximum atomic E-state index is 11.1. The number of nitrogens with zero attached hydrogens (tertiary/aromatic N) is 3. The quantitative estimate of drug-likeness (QED) is 0.597. The zero-order valence-corrected chi connectivity index (χ0v) is 14.7. The van der Waals surface area contributed by atoms with E-state index in [0.717, 1.165) is 44.7 Å². The minimum absolute atomic E-state index is 0.223. The van der Waals surface area contributed by atoms with Gasteiger partial charge in [-0.05, 0) is 17.5 Å². The van der Waals surface area contributed by atoms with Crippen molar-refractivity contribution in [1.82, 2.24) is 9.80 Å². The molecule has 0 saturated carbocycles. The zero-order valence-electron chi connectivity index (χ0n) is 14.7. The molecule has 0 aliphatic carbocycles. The van der Waals surface area contributed by atoms with Gasteiger partial charge >= 0.3 is 0 Å². The predicted molar refractivity (Wildman–Crippen MR) is 99.5 cm³/mol. The summed E-state index contributed by atoms with van der Waals surface area (Å²) in [5.41, 5.74) is 3.75. The number of hydrogen-bond acceptors (Lipinski definition) is 4. The van der Waals surface area contributed by atoms with E-state index in [2.05, 4.69) is 41.0 Å². The van der Waals surface area contributed by atoms with Crippen molar-refractivity contribution in [3.8, 4) is 0 Å². The van der Waals surface area contributed by atoms with E-state index < -0.39 is 0 Å². The number of hydrogen-bond donors (Lipinski definition) is 0. The van der Waals surface area contributed by atoms with Gasteiger partial charge in [0.2, 0.25) is 0 Å². The van der Waals surface area contributed by atoms with Gasteiger partial charge in [-0.2, -0.15) is 0 Å². The Morgan fingerprint density at radius 3 is 2.04 bits per heavy atom. The first kappa shape index (κ1) is 17.6. The molecule has 0 unspecified atom stereocenters. The van der Waals surface area contributed by atoms with E-state index >= 15 is 0 Å². The Morgan fingerprint density at radius 2 is 1.44 bits per heavy atom. The maximum Gasteiger partial charge on any atom is 0.273 e. The predicted octanol–water partition coefficient (Wildman–Crippen LogP) is 3.48. The lowest BCUT2D eigenvalue weighted by Gasteiger charge is -2.34. The van der Waals surface area contributed by atoms with Crippen molar-refractivity contribution in [3.63, 3.8) is 0 Å². The first-order valence-electron chi connectivity index (χ1n) is 8.90. The Labute approximate surface area is 149 Å². The van der Waals surface area contributed by atoms with Gasteiger partial charge in [-0.1, -0.05) is 49.4 Å². The van der Waals surface area contributed by atoms with E-state index in [9.17, 15) is 10.1 Å². The summed E-state index contributed by atoms with van der Waals surface area (Å²) in [5, 5.41) is 11.1.